The van der Waals surface area contributed by atoms with Crippen LogP contribution in [-0.2, 0) is 0 Å². The Hall–Kier alpha value is -0.610. The van der Waals surface area contributed by atoms with Crippen LogP contribution in [0.5, 0.6) is 0 Å². The number of anilines is 1. The van der Waals surface area contributed by atoms with Crippen LogP contribution in [0, 0.1) is 5.92 Å². The number of halogens is 1. The Bertz CT molecular complexity index is 483. The van der Waals surface area contributed by atoms with Crippen molar-refractivity contribution in [2.45, 2.75) is 50.6 Å². The maximum absolute atomic E-state index is 4.63. The van der Waals surface area contributed by atoms with E-state index in [1.165, 1.54) is 64.0 Å². The van der Waals surface area contributed by atoms with Crippen LogP contribution in [0.4, 0.5) is 5.82 Å². The molecule has 1 aliphatic carbocycles. The quantitative estimate of drug-likeness (QED) is 0.811. The molecule has 4 heteroatoms. The van der Waals surface area contributed by atoms with Crippen molar-refractivity contribution in [1.82, 2.24) is 9.88 Å². The lowest BCUT2D eigenvalue weighted by molar-refractivity contribution is 0.126. The second-order valence-corrected chi connectivity index (χ2v) is 7.78. The van der Waals surface area contributed by atoms with Gasteiger partial charge in [-0.15, -0.1) is 0 Å². The van der Waals surface area contributed by atoms with E-state index in [-0.39, 0.29) is 0 Å². The standard InChI is InChI=1S/C17H24BrN3/c18-14-5-6-17(19-11-14)21-10-8-13-7-9-20(12-16(13)21)15-3-1-2-4-15/h5-6,11,13,15-16H,1-4,7-10,12H2. The minimum atomic E-state index is 0.688. The highest BCUT2D eigenvalue weighted by atomic mass is 79.9. The molecule has 2 saturated heterocycles. The molecule has 1 aromatic heterocycles. The minimum absolute atomic E-state index is 0.688. The molecule has 4 rings (SSSR count). The molecule has 0 spiro atoms. The zero-order valence-corrected chi connectivity index (χ0v) is 14.1. The summed E-state index contributed by atoms with van der Waals surface area (Å²) >= 11 is 3.49. The fraction of sp³-hybridized carbons (Fsp3) is 0.706. The van der Waals surface area contributed by atoms with E-state index in [4.69, 9.17) is 0 Å². The predicted octanol–water partition coefficient (Wildman–Crippen LogP) is 3.69. The summed E-state index contributed by atoms with van der Waals surface area (Å²) in [7, 11) is 0. The molecule has 3 aliphatic rings. The molecule has 0 aromatic carbocycles. The van der Waals surface area contributed by atoms with E-state index in [2.05, 4.69) is 42.8 Å². The van der Waals surface area contributed by atoms with Crippen molar-refractivity contribution < 1.29 is 0 Å². The first kappa shape index (κ1) is 14.0. The van der Waals surface area contributed by atoms with Gasteiger partial charge in [-0.1, -0.05) is 12.8 Å². The van der Waals surface area contributed by atoms with Gasteiger partial charge in [0.1, 0.15) is 5.82 Å². The number of piperidine rings is 1. The summed E-state index contributed by atoms with van der Waals surface area (Å²) in [5.74, 6) is 2.05. The maximum atomic E-state index is 4.63. The molecule has 114 valence electrons. The monoisotopic (exact) mass is 349 g/mol. The molecule has 3 heterocycles. The van der Waals surface area contributed by atoms with Gasteiger partial charge in [-0.25, -0.2) is 4.98 Å². The van der Waals surface area contributed by atoms with Crippen molar-refractivity contribution in [2.24, 2.45) is 5.92 Å². The van der Waals surface area contributed by atoms with Gasteiger partial charge in [0, 0.05) is 35.8 Å². The zero-order chi connectivity index (χ0) is 14.2. The molecule has 21 heavy (non-hydrogen) atoms. The van der Waals surface area contributed by atoms with Gasteiger partial charge in [0.2, 0.25) is 0 Å². The number of likely N-dealkylation sites (tertiary alicyclic amines) is 1. The van der Waals surface area contributed by atoms with E-state index in [0.29, 0.717) is 6.04 Å². The highest BCUT2D eigenvalue weighted by Gasteiger charge is 2.40. The number of rotatable bonds is 2. The lowest BCUT2D eigenvalue weighted by Gasteiger charge is -2.41. The third kappa shape index (κ3) is 2.72. The van der Waals surface area contributed by atoms with Crippen molar-refractivity contribution in [3.05, 3.63) is 22.8 Å². The number of hydrogen-bond acceptors (Lipinski definition) is 3. The Morgan fingerprint density at radius 3 is 2.62 bits per heavy atom. The Balaban J connectivity index is 1.50. The molecule has 1 aromatic rings. The van der Waals surface area contributed by atoms with Gasteiger partial charge < -0.3 is 4.90 Å². The van der Waals surface area contributed by atoms with Crippen LogP contribution in [0.3, 0.4) is 0 Å². The number of fused-ring (bicyclic) bond motifs is 1. The molecule has 0 N–H and O–H groups in total. The SMILES string of the molecule is Brc1ccc(N2CCC3CCN(C4CCCC4)CC32)nc1. The second-order valence-electron chi connectivity index (χ2n) is 6.87. The van der Waals surface area contributed by atoms with E-state index in [9.17, 15) is 0 Å². The Morgan fingerprint density at radius 2 is 1.86 bits per heavy atom. The number of aromatic nitrogens is 1. The summed E-state index contributed by atoms with van der Waals surface area (Å²) in [5, 5.41) is 0. The van der Waals surface area contributed by atoms with Gasteiger partial charge in [-0.2, -0.15) is 0 Å². The lowest BCUT2D eigenvalue weighted by atomic mass is 9.91. The number of nitrogens with zero attached hydrogens (tertiary/aromatic N) is 3. The normalized spacial score (nSPS) is 30.8. The van der Waals surface area contributed by atoms with Crippen molar-refractivity contribution in [3.63, 3.8) is 0 Å². The molecular formula is C17H24BrN3. The third-order valence-electron chi connectivity index (χ3n) is 5.74. The molecule has 0 amide bonds. The average molecular weight is 350 g/mol. The smallest absolute Gasteiger partial charge is 0.128 e. The summed E-state index contributed by atoms with van der Waals surface area (Å²) in [6.45, 7) is 3.77. The number of pyridine rings is 1. The summed E-state index contributed by atoms with van der Waals surface area (Å²) in [6, 6.07) is 5.84. The molecular weight excluding hydrogens is 326 g/mol. The zero-order valence-electron chi connectivity index (χ0n) is 12.5. The largest absolute Gasteiger partial charge is 0.352 e. The van der Waals surface area contributed by atoms with Gasteiger partial charge in [0.25, 0.3) is 0 Å². The lowest BCUT2D eigenvalue weighted by Crippen LogP contribution is -2.51. The van der Waals surface area contributed by atoms with Crippen molar-refractivity contribution >= 4 is 21.7 Å². The highest BCUT2D eigenvalue weighted by molar-refractivity contribution is 9.10. The summed E-state index contributed by atoms with van der Waals surface area (Å²) < 4.78 is 1.07. The molecule has 0 radical (unpaired) electrons. The number of hydrogen-bond donors (Lipinski definition) is 0. The predicted molar refractivity (Wildman–Crippen MR) is 89.6 cm³/mol. The molecule has 3 fully saturated rings. The van der Waals surface area contributed by atoms with Crippen LogP contribution in [0.25, 0.3) is 0 Å². The fourth-order valence-corrected chi connectivity index (χ4v) is 4.82. The van der Waals surface area contributed by atoms with Gasteiger partial charge >= 0.3 is 0 Å². The summed E-state index contributed by atoms with van der Waals surface area (Å²) in [5.41, 5.74) is 0. The first-order valence-corrected chi connectivity index (χ1v) is 9.23. The Morgan fingerprint density at radius 1 is 1.05 bits per heavy atom. The Labute approximate surface area is 135 Å². The van der Waals surface area contributed by atoms with Gasteiger partial charge in [-0.3, -0.25) is 4.90 Å². The Kier molecular flexibility index (Phi) is 3.92. The average Bonchev–Trinajstić information content (AvgIpc) is 3.17. The maximum Gasteiger partial charge on any atom is 0.128 e. The third-order valence-corrected chi connectivity index (χ3v) is 6.21. The van der Waals surface area contributed by atoms with E-state index in [1.54, 1.807) is 0 Å². The van der Waals surface area contributed by atoms with E-state index in [1.807, 2.05) is 6.20 Å². The van der Waals surface area contributed by atoms with Crippen LogP contribution >= 0.6 is 15.9 Å². The van der Waals surface area contributed by atoms with Gasteiger partial charge in [0.05, 0.1) is 0 Å². The van der Waals surface area contributed by atoms with Crippen LogP contribution in [0.2, 0.25) is 0 Å². The summed E-state index contributed by atoms with van der Waals surface area (Å²) in [4.78, 5) is 9.99. The van der Waals surface area contributed by atoms with Crippen LogP contribution in [-0.4, -0.2) is 41.6 Å². The summed E-state index contributed by atoms with van der Waals surface area (Å²) in [6.07, 6.45) is 10.4. The molecule has 2 atom stereocenters. The molecule has 2 aliphatic heterocycles. The second kappa shape index (κ2) is 5.88. The van der Waals surface area contributed by atoms with Crippen molar-refractivity contribution in [1.29, 1.82) is 0 Å². The highest BCUT2D eigenvalue weighted by Crippen LogP contribution is 2.36. The molecule has 3 nitrogen and oxygen atoms in total. The molecule has 1 saturated carbocycles. The van der Waals surface area contributed by atoms with Crippen LogP contribution in [0.15, 0.2) is 22.8 Å². The van der Waals surface area contributed by atoms with Crippen LogP contribution in [0.1, 0.15) is 38.5 Å². The molecule has 0 bridgehead atoms. The van der Waals surface area contributed by atoms with E-state index >= 15 is 0 Å². The van der Waals surface area contributed by atoms with E-state index < -0.39 is 0 Å². The van der Waals surface area contributed by atoms with Crippen molar-refractivity contribution in [2.75, 3.05) is 24.5 Å². The van der Waals surface area contributed by atoms with Gasteiger partial charge in [-0.05, 0) is 66.2 Å². The first-order valence-electron chi connectivity index (χ1n) is 8.43. The van der Waals surface area contributed by atoms with Crippen LogP contribution < -0.4 is 4.90 Å². The van der Waals surface area contributed by atoms with Gasteiger partial charge in [0.15, 0.2) is 0 Å². The molecule has 2 unspecified atom stereocenters. The minimum Gasteiger partial charge on any atom is -0.352 e. The first-order chi connectivity index (χ1) is 10.3. The van der Waals surface area contributed by atoms with Crippen molar-refractivity contribution in [3.8, 4) is 0 Å². The topological polar surface area (TPSA) is 19.4 Å². The van der Waals surface area contributed by atoms with E-state index in [0.717, 1.165) is 16.4 Å². The fourth-order valence-electron chi connectivity index (χ4n) is 4.59.